The molecule has 31 valence electrons. The van der Waals surface area contributed by atoms with Gasteiger partial charge in [0, 0.05) is 0 Å². The lowest BCUT2D eigenvalue weighted by molar-refractivity contribution is 0.365. The van der Waals surface area contributed by atoms with E-state index in [0.717, 1.165) is 0 Å². The summed E-state index contributed by atoms with van der Waals surface area (Å²) in [5.74, 6) is 0. The van der Waals surface area contributed by atoms with E-state index in [9.17, 15) is 4.57 Å². The van der Waals surface area contributed by atoms with E-state index in [0.29, 0.717) is 6.61 Å². The Morgan fingerprint density at radius 2 is 2.60 bits per heavy atom. The van der Waals surface area contributed by atoms with Crippen LogP contribution in [0.5, 0.6) is 0 Å². The zero-order valence-corrected chi connectivity index (χ0v) is 4.02. The van der Waals surface area contributed by atoms with Gasteiger partial charge in [0.2, 0.25) is 0 Å². The summed E-state index contributed by atoms with van der Waals surface area (Å²) in [6.45, 7) is 2.34. The first-order valence-electron chi connectivity index (χ1n) is 1.40. The van der Waals surface area contributed by atoms with Gasteiger partial charge in [0.25, 0.3) is 0 Å². The smallest absolute Gasteiger partial charge is 0.198 e. The summed E-state index contributed by atoms with van der Waals surface area (Å²) in [7, 11) is -0.592. The molecule has 0 aromatic rings. The summed E-state index contributed by atoms with van der Waals surface area (Å²) in [6, 6.07) is 0. The average Bonchev–Trinajstić information content (AvgIpc) is 1.41. The van der Waals surface area contributed by atoms with Gasteiger partial charge in [-0.3, -0.25) is 4.57 Å². The zero-order chi connectivity index (χ0) is 4.12. The first kappa shape index (κ1) is 5.06. The molecule has 1 unspecified atom stereocenters. The van der Waals surface area contributed by atoms with E-state index in [4.69, 9.17) is 0 Å². The van der Waals surface area contributed by atoms with Gasteiger partial charge in [-0.1, -0.05) is 0 Å². The first-order chi connectivity index (χ1) is 2.41. The molecule has 0 saturated carbocycles. The van der Waals surface area contributed by atoms with Crippen LogP contribution in [0.25, 0.3) is 0 Å². The summed E-state index contributed by atoms with van der Waals surface area (Å²) in [5.41, 5.74) is 0. The molecule has 0 aromatic heterocycles. The highest BCUT2D eigenvalue weighted by atomic mass is 31.1. The van der Waals surface area contributed by atoms with Crippen LogP contribution in [0.15, 0.2) is 0 Å². The van der Waals surface area contributed by atoms with E-state index < -0.39 is 8.69 Å². The van der Waals surface area contributed by atoms with Gasteiger partial charge in [-0.25, -0.2) is 0 Å². The normalized spacial score (nSPS) is 9.00. The predicted molar refractivity (Wildman–Crippen MR) is 20.6 cm³/mol. The molecule has 0 aliphatic rings. The highest BCUT2D eigenvalue weighted by Crippen LogP contribution is 1.89. The second-order valence-electron chi connectivity index (χ2n) is 0.516. The lowest BCUT2D eigenvalue weighted by Crippen LogP contribution is -1.65. The molecule has 0 aromatic carbocycles. The molecule has 0 fully saturated rings. The van der Waals surface area contributed by atoms with E-state index in [2.05, 4.69) is 4.52 Å². The number of hydrogen-bond donors (Lipinski definition) is 0. The molecule has 0 aliphatic heterocycles. The lowest BCUT2D eigenvalue weighted by atomic mass is 10.9. The predicted octanol–water partition coefficient (Wildman–Crippen LogP) is 0.962. The second-order valence-corrected chi connectivity index (χ2v) is 0.972. The van der Waals surface area contributed by atoms with Gasteiger partial charge in [0.05, 0.1) is 6.61 Å². The first-order valence-corrected chi connectivity index (χ1v) is 2.22. The lowest BCUT2D eigenvalue weighted by Gasteiger charge is -1.75. The molecular weight excluding hydrogens is 87.0 g/mol. The Balaban J connectivity index is 2.40. The number of rotatable bonds is 2. The van der Waals surface area contributed by atoms with Crippen molar-refractivity contribution in [2.45, 2.75) is 6.92 Å². The molecule has 0 aliphatic carbocycles. The highest BCUT2D eigenvalue weighted by Gasteiger charge is 1.62. The Kier molecular flexibility index (Phi) is 4.11. The van der Waals surface area contributed by atoms with Gasteiger partial charge in [-0.2, -0.15) is 0 Å². The Labute approximate surface area is 32.4 Å². The van der Waals surface area contributed by atoms with Crippen LogP contribution in [0.4, 0.5) is 0 Å². The molecule has 0 heterocycles. The Morgan fingerprint density at radius 3 is 2.60 bits per heavy atom. The van der Waals surface area contributed by atoms with Crippen molar-refractivity contribution in [3.63, 3.8) is 0 Å². The summed E-state index contributed by atoms with van der Waals surface area (Å²) in [6.07, 6.45) is 0. The van der Waals surface area contributed by atoms with Crippen LogP contribution >= 0.6 is 8.69 Å². The van der Waals surface area contributed by atoms with Crippen LogP contribution in [0.1, 0.15) is 6.92 Å². The maximum atomic E-state index is 9.34. The van der Waals surface area contributed by atoms with Gasteiger partial charge < -0.3 is 4.52 Å². The molecule has 1 atom stereocenters. The van der Waals surface area contributed by atoms with Gasteiger partial charge in [-0.05, 0) is 6.92 Å². The molecule has 0 saturated heterocycles. The van der Waals surface area contributed by atoms with Crippen molar-refractivity contribution in [3.8, 4) is 0 Å². The molecule has 0 rings (SSSR count). The van der Waals surface area contributed by atoms with Crippen molar-refractivity contribution in [1.29, 1.82) is 0 Å². The summed E-state index contributed by atoms with van der Waals surface area (Å²) in [5, 5.41) is 0. The molecule has 0 amide bonds. The van der Waals surface area contributed by atoms with Gasteiger partial charge in [0.1, 0.15) is 0 Å². The van der Waals surface area contributed by atoms with Crippen LogP contribution in [-0.2, 0) is 9.09 Å². The fourth-order valence-corrected chi connectivity index (χ4v) is 0.177. The van der Waals surface area contributed by atoms with E-state index >= 15 is 0 Å². The SMILES string of the molecule is CCO[PH]=O. The maximum Gasteiger partial charge on any atom is 0.198 e. The highest BCUT2D eigenvalue weighted by molar-refractivity contribution is 7.17. The van der Waals surface area contributed by atoms with Crippen LogP contribution in [0.2, 0.25) is 0 Å². The van der Waals surface area contributed by atoms with Crippen molar-refractivity contribution >= 4 is 8.69 Å². The zero-order valence-electron chi connectivity index (χ0n) is 3.02. The molecule has 0 spiro atoms. The minimum Gasteiger partial charge on any atom is -0.307 e. The van der Waals surface area contributed by atoms with Crippen molar-refractivity contribution in [2.75, 3.05) is 6.61 Å². The summed E-state index contributed by atoms with van der Waals surface area (Å²) >= 11 is 0. The van der Waals surface area contributed by atoms with E-state index in [1.807, 2.05) is 0 Å². The van der Waals surface area contributed by atoms with Crippen molar-refractivity contribution in [2.24, 2.45) is 0 Å². The quantitative estimate of drug-likeness (QED) is 0.475. The van der Waals surface area contributed by atoms with Crippen LogP contribution in [0.3, 0.4) is 0 Å². The number of hydrogen-bond acceptors (Lipinski definition) is 2. The third kappa shape index (κ3) is 4.06. The van der Waals surface area contributed by atoms with Crippen LogP contribution < -0.4 is 0 Å². The van der Waals surface area contributed by atoms with Crippen molar-refractivity contribution < 1.29 is 9.09 Å². The minimum atomic E-state index is -0.592. The molecule has 1 radical (unpaired) electrons. The van der Waals surface area contributed by atoms with E-state index in [-0.39, 0.29) is 0 Å². The van der Waals surface area contributed by atoms with Gasteiger partial charge in [-0.15, -0.1) is 0 Å². The summed E-state index contributed by atoms with van der Waals surface area (Å²) < 4.78 is 13.6. The largest absolute Gasteiger partial charge is 0.307 e. The van der Waals surface area contributed by atoms with Crippen molar-refractivity contribution in [3.05, 3.63) is 0 Å². The fraction of sp³-hybridized carbons (Fsp3) is 1.00. The summed E-state index contributed by atoms with van der Waals surface area (Å²) in [4.78, 5) is 0. The third-order valence-corrected chi connectivity index (χ3v) is 0.610. The minimum absolute atomic E-state index is 0.544. The topological polar surface area (TPSA) is 26.3 Å². The second kappa shape index (κ2) is 4.06. The molecule has 5 heavy (non-hydrogen) atoms. The van der Waals surface area contributed by atoms with Gasteiger partial charge >= 0.3 is 0 Å². The Hall–Kier alpha value is 0.0600. The van der Waals surface area contributed by atoms with Gasteiger partial charge in [0.15, 0.2) is 8.69 Å². The van der Waals surface area contributed by atoms with E-state index in [1.54, 1.807) is 6.92 Å². The molecule has 0 N–H and O–H groups in total. The molecular formula is C2H6O2P. The average molecular weight is 93.0 g/mol. The molecule has 0 bridgehead atoms. The Morgan fingerprint density at radius 1 is 2.00 bits per heavy atom. The third-order valence-electron chi connectivity index (χ3n) is 0.203. The van der Waals surface area contributed by atoms with Crippen LogP contribution in [0, 0.1) is 0 Å². The molecule has 3 heteroatoms. The van der Waals surface area contributed by atoms with Crippen molar-refractivity contribution in [1.82, 2.24) is 0 Å². The van der Waals surface area contributed by atoms with E-state index in [1.165, 1.54) is 0 Å². The fourth-order valence-electron chi connectivity index (χ4n) is 0.0589. The maximum absolute atomic E-state index is 9.34. The standard InChI is InChI=1S/C2H6O2P/c1-2-4-5-3/h5H,2H2,1H3. The monoisotopic (exact) mass is 93.0 g/mol. The van der Waals surface area contributed by atoms with Crippen LogP contribution in [-0.4, -0.2) is 6.61 Å². The Bertz CT molecular complexity index is 28.8. The molecule has 2 nitrogen and oxygen atoms in total.